The number of rotatable bonds is 5. The van der Waals surface area contributed by atoms with Crippen molar-refractivity contribution >= 4 is 17.9 Å². The summed E-state index contributed by atoms with van der Waals surface area (Å²) < 4.78 is 0. The van der Waals surface area contributed by atoms with Crippen LogP contribution in [0, 0.1) is 5.92 Å². The number of hydrogen-bond acceptors (Lipinski definition) is 3. The van der Waals surface area contributed by atoms with Gasteiger partial charge in [-0.15, -0.1) is 0 Å². The van der Waals surface area contributed by atoms with Crippen LogP contribution in [0.4, 0.5) is 4.79 Å². The summed E-state index contributed by atoms with van der Waals surface area (Å²) in [7, 11) is 0. The van der Waals surface area contributed by atoms with Crippen LogP contribution >= 0.6 is 0 Å². The first-order valence-electron chi connectivity index (χ1n) is 7.45. The molecule has 0 radical (unpaired) electrons. The van der Waals surface area contributed by atoms with Crippen LogP contribution in [0.15, 0.2) is 0 Å². The van der Waals surface area contributed by atoms with E-state index in [1.54, 1.807) is 11.8 Å². The Hall–Kier alpha value is -1.79. The zero-order valence-corrected chi connectivity index (χ0v) is 12.5. The average Bonchev–Trinajstić information content (AvgIpc) is 3.13. The Morgan fingerprint density at radius 2 is 1.81 bits per heavy atom. The summed E-state index contributed by atoms with van der Waals surface area (Å²) in [5.41, 5.74) is -1.26. The van der Waals surface area contributed by atoms with Crippen molar-refractivity contribution < 1.29 is 19.5 Å². The second-order valence-corrected chi connectivity index (χ2v) is 6.13. The van der Waals surface area contributed by atoms with Gasteiger partial charge in [-0.1, -0.05) is 0 Å². The Kier molecular flexibility index (Phi) is 4.39. The van der Waals surface area contributed by atoms with Crippen molar-refractivity contribution in [2.75, 3.05) is 13.1 Å². The Balaban J connectivity index is 1.88. The second kappa shape index (κ2) is 5.91. The number of carbonyl (C=O) groups is 3. The van der Waals surface area contributed by atoms with Gasteiger partial charge >= 0.3 is 12.0 Å². The van der Waals surface area contributed by atoms with Crippen molar-refractivity contribution in [1.82, 2.24) is 15.5 Å². The highest BCUT2D eigenvalue weighted by molar-refractivity contribution is 5.90. The van der Waals surface area contributed by atoms with Gasteiger partial charge in [-0.25, -0.2) is 9.59 Å². The van der Waals surface area contributed by atoms with Crippen LogP contribution in [0.25, 0.3) is 0 Å². The van der Waals surface area contributed by atoms with Crippen LogP contribution in [0.2, 0.25) is 0 Å². The minimum atomic E-state index is -1.26. The molecule has 7 heteroatoms. The lowest BCUT2D eigenvalue weighted by Gasteiger charge is -2.28. The number of hydrogen-bond donors (Lipinski definition) is 3. The fourth-order valence-corrected chi connectivity index (χ4v) is 2.73. The van der Waals surface area contributed by atoms with E-state index in [1.807, 2.05) is 0 Å². The molecule has 7 nitrogen and oxygen atoms in total. The van der Waals surface area contributed by atoms with E-state index in [2.05, 4.69) is 10.6 Å². The quantitative estimate of drug-likeness (QED) is 0.690. The fourth-order valence-electron chi connectivity index (χ4n) is 2.73. The lowest BCUT2D eigenvalue weighted by molar-refractivity contribution is -0.144. The molecule has 0 bridgehead atoms. The highest BCUT2D eigenvalue weighted by Crippen LogP contribution is 2.39. The topological polar surface area (TPSA) is 98.7 Å². The molecular formula is C14H23N3O4. The number of nitrogens with zero attached hydrogens (tertiary/aromatic N) is 1. The van der Waals surface area contributed by atoms with E-state index < -0.39 is 23.6 Å². The fraction of sp³-hybridized carbons (Fsp3) is 0.786. The zero-order valence-electron chi connectivity index (χ0n) is 12.5. The zero-order chi connectivity index (χ0) is 15.6. The van der Waals surface area contributed by atoms with E-state index in [-0.39, 0.29) is 11.8 Å². The van der Waals surface area contributed by atoms with Crippen molar-refractivity contribution in [3.8, 4) is 0 Å². The molecule has 21 heavy (non-hydrogen) atoms. The molecule has 2 rings (SSSR count). The molecule has 1 saturated heterocycles. The molecule has 3 amide bonds. The number of carboxylic acids is 1. The maximum atomic E-state index is 12.1. The minimum absolute atomic E-state index is 0.0367. The molecule has 0 aromatic carbocycles. The molecular weight excluding hydrogens is 274 g/mol. The SMILES string of the molecule is CC(NC(=O)NC(C)(C(=O)O)C1CC1)C(=O)N1CCCC1. The van der Waals surface area contributed by atoms with Crippen molar-refractivity contribution in [2.24, 2.45) is 5.92 Å². The predicted molar refractivity (Wildman–Crippen MR) is 75.7 cm³/mol. The number of carbonyl (C=O) groups excluding carboxylic acids is 2. The summed E-state index contributed by atoms with van der Waals surface area (Å²) in [6, 6.07) is -1.26. The minimum Gasteiger partial charge on any atom is -0.480 e. The lowest BCUT2D eigenvalue weighted by atomic mass is 9.96. The first kappa shape index (κ1) is 15.6. The molecule has 2 unspecified atom stereocenters. The van der Waals surface area contributed by atoms with Crippen molar-refractivity contribution in [2.45, 2.75) is 51.1 Å². The average molecular weight is 297 g/mol. The Bertz CT molecular complexity index is 444. The molecule has 0 aromatic rings. The summed E-state index contributed by atoms with van der Waals surface area (Å²) in [4.78, 5) is 37.1. The largest absolute Gasteiger partial charge is 0.480 e. The van der Waals surface area contributed by atoms with Gasteiger partial charge in [0.2, 0.25) is 5.91 Å². The molecule has 1 saturated carbocycles. The van der Waals surface area contributed by atoms with Gasteiger partial charge in [0.15, 0.2) is 0 Å². The van der Waals surface area contributed by atoms with E-state index in [0.29, 0.717) is 0 Å². The van der Waals surface area contributed by atoms with Crippen molar-refractivity contribution in [3.05, 3.63) is 0 Å². The van der Waals surface area contributed by atoms with Crippen LogP contribution in [0.3, 0.4) is 0 Å². The molecule has 1 aliphatic carbocycles. The van der Waals surface area contributed by atoms with E-state index in [9.17, 15) is 19.5 Å². The summed E-state index contributed by atoms with van der Waals surface area (Å²) in [6.07, 6.45) is 3.57. The highest BCUT2D eigenvalue weighted by atomic mass is 16.4. The van der Waals surface area contributed by atoms with Gasteiger partial charge < -0.3 is 20.6 Å². The molecule has 2 aliphatic rings. The number of likely N-dealkylation sites (tertiary alicyclic amines) is 1. The van der Waals surface area contributed by atoms with Gasteiger partial charge in [-0.05, 0) is 45.4 Å². The molecule has 118 valence electrons. The first-order chi connectivity index (χ1) is 9.84. The molecule has 2 fully saturated rings. The van der Waals surface area contributed by atoms with Crippen LogP contribution in [0.5, 0.6) is 0 Å². The standard InChI is InChI=1S/C14H23N3O4/c1-9(11(18)17-7-3-4-8-17)15-13(21)16-14(2,12(19)20)10-5-6-10/h9-10H,3-8H2,1-2H3,(H,19,20)(H2,15,16,21). The molecule has 1 aliphatic heterocycles. The van der Waals surface area contributed by atoms with Gasteiger partial charge in [0.05, 0.1) is 0 Å². The Morgan fingerprint density at radius 1 is 1.24 bits per heavy atom. The molecule has 3 N–H and O–H groups in total. The highest BCUT2D eigenvalue weighted by Gasteiger charge is 2.48. The second-order valence-electron chi connectivity index (χ2n) is 6.13. The van der Waals surface area contributed by atoms with Crippen LogP contribution in [-0.4, -0.2) is 52.6 Å². The predicted octanol–water partition coefficient (Wildman–Crippen LogP) is 0.550. The van der Waals surface area contributed by atoms with Gasteiger partial charge in [0.25, 0.3) is 0 Å². The van der Waals surface area contributed by atoms with E-state index in [0.717, 1.165) is 38.8 Å². The van der Waals surface area contributed by atoms with Crippen LogP contribution in [-0.2, 0) is 9.59 Å². The smallest absolute Gasteiger partial charge is 0.329 e. The Morgan fingerprint density at radius 3 is 2.29 bits per heavy atom. The van der Waals surface area contributed by atoms with E-state index in [4.69, 9.17) is 0 Å². The summed E-state index contributed by atoms with van der Waals surface area (Å²) in [5, 5.41) is 14.3. The number of aliphatic carboxylic acids is 1. The van der Waals surface area contributed by atoms with Gasteiger partial charge in [-0.3, -0.25) is 4.79 Å². The number of carboxylic acid groups (broad SMARTS) is 1. The van der Waals surface area contributed by atoms with Crippen LogP contribution in [0.1, 0.15) is 39.5 Å². The van der Waals surface area contributed by atoms with E-state index in [1.165, 1.54) is 6.92 Å². The van der Waals surface area contributed by atoms with Crippen molar-refractivity contribution in [3.63, 3.8) is 0 Å². The first-order valence-corrected chi connectivity index (χ1v) is 7.45. The molecule has 2 atom stereocenters. The summed E-state index contributed by atoms with van der Waals surface area (Å²) in [6.45, 7) is 4.58. The third-order valence-electron chi connectivity index (χ3n) is 4.35. The van der Waals surface area contributed by atoms with Crippen molar-refractivity contribution in [1.29, 1.82) is 0 Å². The van der Waals surface area contributed by atoms with Gasteiger partial charge in [0, 0.05) is 13.1 Å². The van der Waals surface area contributed by atoms with Crippen LogP contribution < -0.4 is 10.6 Å². The third-order valence-corrected chi connectivity index (χ3v) is 4.35. The summed E-state index contributed by atoms with van der Waals surface area (Å²) in [5.74, 6) is -1.20. The van der Waals surface area contributed by atoms with E-state index >= 15 is 0 Å². The lowest BCUT2D eigenvalue weighted by Crippen LogP contribution is -2.59. The molecule has 1 heterocycles. The number of nitrogens with one attached hydrogen (secondary N) is 2. The normalized spacial score (nSPS) is 22.3. The van der Waals surface area contributed by atoms with Gasteiger partial charge in [-0.2, -0.15) is 0 Å². The third kappa shape index (κ3) is 3.46. The van der Waals surface area contributed by atoms with Gasteiger partial charge in [0.1, 0.15) is 11.6 Å². The Labute approximate surface area is 124 Å². The molecule has 0 aromatic heterocycles. The number of urea groups is 1. The summed E-state index contributed by atoms with van der Waals surface area (Å²) >= 11 is 0. The maximum absolute atomic E-state index is 12.1. The maximum Gasteiger partial charge on any atom is 0.329 e. The number of amides is 3. The molecule has 0 spiro atoms. The monoisotopic (exact) mass is 297 g/mol.